The average molecular weight is 2090 g/mol. The van der Waals surface area contributed by atoms with Crippen molar-refractivity contribution in [2.45, 2.75) is 0 Å². The molecule has 0 aliphatic carbocycles. The minimum atomic E-state index is -3.25. The standard InChI is InChI=1S/2C7H8NO2S.3C6H7N2O2S.C6H5.C5H6N3O2S.5C5H4N.6B.6Y/c2*1-11(9,10)8-7-5-3-2-4-6-7;3*1-11(9,10)8-6-4-2-3-5-7-6;1-2-4-6-5-3-1;1-11(9,10)8-5-2-3-6-4-7-5;5*1-2-4-6-5-3-1;;;;;;;;;;;;/h2*2-5,8H,1H3;3*2-3,5H,1H3,(H,7,8);1-5H;3-4H,1H3,(H,6,7,8);3*1-2,4-5H;2*1-4H;;;;;;;;;;;;/q12*-1;;;;;;;;;;;;. The van der Waals surface area contributed by atoms with Crippen LogP contribution in [0.3, 0.4) is 0 Å². The maximum absolute atomic E-state index is 10.7. The van der Waals surface area contributed by atoms with Crippen LogP contribution in [0.15, 0.2) is 269 Å². The van der Waals surface area contributed by atoms with E-state index in [-0.39, 0.29) is 270 Å². The van der Waals surface area contributed by atoms with Gasteiger partial charge in [-0.15, -0.1) is 18.3 Å². The van der Waals surface area contributed by atoms with Gasteiger partial charge in [0, 0.05) is 264 Å². The number of aromatic nitrogens is 10. The topological polar surface area (TPSA) is 406 Å². The van der Waals surface area contributed by atoms with Gasteiger partial charge in [-0.3, -0.25) is 39.1 Å². The predicted octanol–water partition coefficient (Wildman–Crippen LogP) is 5.72. The van der Waals surface area contributed by atoms with Crippen molar-refractivity contribution in [3.63, 3.8) is 0 Å². The zero-order chi connectivity index (χ0) is 75.4. The number of para-hydroxylation sites is 2. The first-order valence-corrected chi connectivity index (χ1v) is 39.5. The van der Waals surface area contributed by atoms with Crippen molar-refractivity contribution in [1.29, 1.82) is 0 Å². The molecule has 3 aromatic carbocycles. The Morgan fingerprint density at radius 1 is 0.246 bits per heavy atom. The summed E-state index contributed by atoms with van der Waals surface area (Å²) in [4.78, 5) is 36.8. The Morgan fingerprint density at radius 3 is 0.667 bits per heavy atom. The molecular formula is C68H68B6N16O12S6Y6-12. The first-order valence-electron chi connectivity index (χ1n) is 28.2. The fourth-order valence-electron chi connectivity index (χ4n) is 5.20. The molecule has 46 heteroatoms. The van der Waals surface area contributed by atoms with Crippen molar-refractivity contribution >= 4 is 145 Å². The molecule has 0 unspecified atom stereocenters. The molecule has 9 heterocycles. The van der Waals surface area contributed by atoms with Gasteiger partial charge >= 0.3 is 0 Å². The van der Waals surface area contributed by atoms with Crippen LogP contribution in [0.25, 0.3) is 0 Å². The van der Waals surface area contributed by atoms with Crippen LogP contribution in [-0.4, -0.2) is 188 Å². The van der Waals surface area contributed by atoms with Gasteiger partial charge in [-0.2, -0.15) is 158 Å². The van der Waals surface area contributed by atoms with E-state index in [1.54, 1.807) is 147 Å². The summed E-state index contributed by atoms with van der Waals surface area (Å²) in [7, 11) is -19.2. The molecule has 0 saturated carbocycles. The summed E-state index contributed by atoms with van der Waals surface area (Å²) in [5.41, 5.74) is 0.935. The van der Waals surface area contributed by atoms with Gasteiger partial charge in [0.05, 0.1) is 37.5 Å². The molecular weight excluding hydrogens is 2020 g/mol. The Bertz CT molecular complexity index is 3780. The molecule has 0 atom stereocenters. The van der Waals surface area contributed by atoms with Gasteiger partial charge in [0.2, 0.25) is 60.1 Å². The Balaban J connectivity index is -0.0000000994. The Morgan fingerprint density at radius 2 is 0.518 bits per heavy atom. The second-order valence-electron chi connectivity index (χ2n) is 18.1. The molecule has 12 rings (SSSR count). The van der Waals surface area contributed by atoms with Crippen molar-refractivity contribution < 1.29 is 247 Å². The van der Waals surface area contributed by atoms with Crippen LogP contribution in [0.2, 0.25) is 0 Å². The number of rotatable bonds is 12. The third-order valence-corrected chi connectivity index (χ3v) is 12.1. The second-order valence-corrected chi connectivity index (χ2v) is 28.5. The van der Waals surface area contributed by atoms with E-state index in [4.69, 9.17) is 0 Å². The normalized spacial score (nSPS) is 8.89. The van der Waals surface area contributed by atoms with Gasteiger partial charge in [0.25, 0.3) is 0 Å². The molecule has 0 aliphatic heterocycles. The monoisotopic (exact) mass is 2090 g/mol. The Kier molecular flexibility index (Phi) is 101. The zero-order valence-corrected chi connectivity index (χ0v) is 84.1. The zero-order valence-electron chi connectivity index (χ0n) is 62.2. The average Bonchev–Trinajstić information content (AvgIpc) is 0.947. The summed E-state index contributed by atoms with van der Waals surface area (Å²) in [5.74, 6) is 0.808. The van der Waals surface area contributed by atoms with E-state index in [1.165, 1.54) is 31.1 Å². The van der Waals surface area contributed by atoms with E-state index in [9.17, 15) is 50.5 Å². The minimum Gasteiger partial charge on any atom is -0.407 e. The van der Waals surface area contributed by atoms with Crippen LogP contribution in [-0.2, 0) is 256 Å². The molecule has 9 aromatic heterocycles. The smallest absolute Gasteiger partial charge is 0.229 e. The predicted molar refractivity (Wildman–Crippen MR) is 427 cm³/mol. The number of pyridine rings is 8. The molecule has 12 aromatic rings. The second kappa shape index (κ2) is 84.9. The molecule has 0 spiro atoms. The Labute approximate surface area is 837 Å². The molecule has 6 N–H and O–H groups in total. The molecule has 576 valence electrons. The third-order valence-electron chi connectivity index (χ3n) is 8.67. The maximum Gasteiger partial charge on any atom is 0.229 e. The number of benzene rings is 3. The van der Waals surface area contributed by atoms with Crippen molar-refractivity contribution in [1.82, 2.24) is 49.8 Å². The van der Waals surface area contributed by atoms with Crippen LogP contribution < -0.4 is 28.3 Å². The summed E-state index contributed by atoms with van der Waals surface area (Å²) in [6.07, 6.45) is 32.2. The van der Waals surface area contributed by atoms with Crippen molar-refractivity contribution in [2.24, 2.45) is 0 Å². The first-order chi connectivity index (χ1) is 48.5. The van der Waals surface area contributed by atoms with Gasteiger partial charge < -0.3 is 45.2 Å². The van der Waals surface area contributed by atoms with E-state index in [2.05, 4.69) is 151 Å². The molecule has 0 aliphatic rings. The fraction of sp³-hybridized carbons (Fsp3) is 0.0882. The molecule has 28 nitrogen and oxygen atoms in total. The van der Waals surface area contributed by atoms with Gasteiger partial charge in [0.15, 0.2) is 0 Å². The van der Waals surface area contributed by atoms with Crippen LogP contribution in [0.1, 0.15) is 0 Å². The quantitative estimate of drug-likeness (QED) is 0.0629. The van der Waals surface area contributed by atoms with Gasteiger partial charge in [-0.25, -0.2) is 123 Å². The first kappa shape index (κ1) is 136. The summed E-state index contributed by atoms with van der Waals surface area (Å²) in [6, 6.07) is 82.0. The van der Waals surface area contributed by atoms with Crippen LogP contribution in [0.5, 0.6) is 0 Å². The van der Waals surface area contributed by atoms with E-state index in [0.717, 1.165) is 37.5 Å². The largest absolute Gasteiger partial charge is 0.407 e. The van der Waals surface area contributed by atoms with Crippen molar-refractivity contribution in [3.05, 3.63) is 342 Å². The van der Waals surface area contributed by atoms with Crippen LogP contribution >= 0.6 is 0 Å². The number of nitrogens with one attached hydrogen (secondary N) is 6. The number of hydrogen-bond donors (Lipinski definition) is 6. The van der Waals surface area contributed by atoms with E-state index >= 15 is 0 Å². The van der Waals surface area contributed by atoms with Crippen LogP contribution in [0.4, 0.5) is 34.6 Å². The minimum absolute atomic E-state index is 0. The summed E-state index contributed by atoms with van der Waals surface area (Å²) in [5, 5.41) is 0. The molecule has 24 radical (unpaired) electrons. The molecule has 0 bridgehead atoms. The fourth-order valence-corrected chi connectivity index (χ4v) is 8.11. The summed E-state index contributed by atoms with van der Waals surface area (Å²) >= 11 is 0. The van der Waals surface area contributed by atoms with Crippen molar-refractivity contribution in [2.75, 3.05) is 65.9 Å². The van der Waals surface area contributed by atoms with Gasteiger partial charge in [-0.05, 0) is 5.82 Å². The third kappa shape index (κ3) is 102. The van der Waals surface area contributed by atoms with Gasteiger partial charge in [-0.1, -0.05) is 91.9 Å². The van der Waals surface area contributed by atoms with E-state index in [0.29, 0.717) is 11.4 Å². The van der Waals surface area contributed by atoms with Crippen molar-refractivity contribution in [3.8, 4) is 0 Å². The maximum atomic E-state index is 10.7. The molecule has 0 fully saturated rings. The summed E-state index contributed by atoms with van der Waals surface area (Å²) < 4.78 is 141. The SMILES string of the molecule is CS(=O)(=O)Nc1[c-]cccc1.CS(=O)(=O)Nc1[c-]cccc1.CS(=O)(=O)Nc1[c-]cccn1.CS(=O)(=O)Nc1[c-]cccn1.CS(=O)(=O)Nc1[c-]cccn1.CS(=O)(=O)Nc1[c-]cncn1.[B].[B].[B].[B].[B].[B].[Y].[Y].[Y].[Y].[Y].[Y].[c-]1ccccc1.[c-]1ccccn1.[c-]1ccccn1.[c-]1cccnc1.[c-]1cccnc1.[c-]1cccnc1. The summed E-state index contributed by atoms with van der Waals surface area (Å²) in [6.45, 7) is 0. The number of sulfonamides is 6. The van der Waals surface area contributed by atoms with Gasteiger partial charge in [0.1, 0.15) is 6.33 Å². The number of nitrogens with zero attached hydrogens (tertiary/aromatic N) is 10. The molecule has 0 amide bonds. The number of hydrogen-bond acceptors (Lipinski definition) is 22. The molecule has 114 heavy (non-hydrogen) atoms. The molecule has 0 saturated heterocycles. The Hall–Kier alpha value is -4.55. The van der Waals surface area contributed by atoms with E-state index < -0.39 is 60.1 Å². The van der Waals surface area contributed by atoms with Crippen LogP contribution in [0, 0.1) is 73.1 Å². The van der Waals surface area contributed by atoms with E-state index in [1.807, 2.05) is 91.0 Å². The number of anilines is 6.